The Morgan fingerprint density at radius 2 is 1.19 bits per heavy atom. The average molecular weight is 785 g/mol. The predicted molar refractivity (Wildman–Crippen MR) is 216 cm³/mol. The maximum Gasteiger partial charge on any atom is 0.407 e. The summed E-state index contributed by atoms with van der Waals surface area (Å²) >= 11 is 0. The first kappa shape index (κ1) is 38.4. The highest BCUT2D eigenvalue weighted by molar-refractivity contribution is 5.87. The van der Waals surface area contributed by atoms with Crippen LogP contribution in [0.2, 0.25) is 0 Å². The first-order chi connectivity index (χ1) is 28.3. The van der Waals surface area contributed by atoms with Crippen LogP contribution in [0.4, 0.5) is 9.59 Å². The summed E-state index contributed by atoms with van der Waals surface area (Å²) in [6.45, 7) is 1.23. The quantitative estimate of drug-likeness (QED) is 0.116. The lowest BCUT2D eigenvalue weighted by molar-refractivity contribution is -0.137. The summed E-state index contributed by atoms with van der Waals surface area (Å²) in [4.78, 5) is 71.8. The maximum absolute atomic E-state index is 13.9. The van der Waals surface area contributed by atoms with Gasteiger partial charge in [-0.05, 0) is 66.3 Å². The number of likely N-dealkylation sites (tertiary alicyclic amines) is 2. The third-order valence-corrected chi connectivity index (χ3v) is 11.8. The van der Waals surface area contributed by atoms with Gasteiger partial charge in [-0.25, -0.2) is 19.6 Å². The summed E-state index contributed by atoms with van der Waals surface area (Å²) in [5, 5.41) is 5.57. The molecule has 3 fully saturated rings. The van der Waals surface area contributed by atoms with Crippen molar-refractivity contribution in [2.24, 2.45) is 5.92 Å². The van der Waals surface area contributed by atoms with E-state index in [1.807, 2.05) is 41.4 Å². The van der Waals surface area contributed by atoms with Crippen LogP contribution >= 0.6 is 0 Å². The molecular weight excluding hydrogens is 737 g/mol. The number of hydrogen-bond donors (Lipinski definition) is 4. The Bertz CT molecular complexity index is 2240. The van der Waals surface area contributed by atoms with E-state index in [0.29, 0.717) is 24.5 Å². The van der Waals surface area contributed by atoms with E-state index < -0.39 is 18.2 Å². The summed E-state index contributed by atoms with van der Waals surface area (Å²) in [5.74, 6) is 1.08. The number of alkyl carbamates (subject to hydrolysis) is 2. The lowest BCUT2D eigenvalue weighted by Crippen LogP contribution is -2.45. The molecule has 1 aliphatic carbocycles. The van der Waals surface area contributed by atoms with E-state index in [1.54, 1.807) is 11.1 Å². The largest absolute Gasteiger partial charge is 0.453 e. The number of H-pyrrole nitrogens is 2. The van der Waals surface area contributed by atoms with Crippen LogP contribution in [-0.2, 0) is 19.1 Å². The smallest absolute Gasteiger partial charge is 0.407 e. The second kappa shape index (κ2) is 17.0. The lowest BCUT2D eigenvalue weighted by atomic mass is 10.0. The van der Waals surface area contributed by atoms with E-state index in [2.05, 4.69) is 69.1 Å². The molecule has 5 atom stereocenters. The third-order valence-electron chi connectivity index (χ3n) is 11.8. The van der Waals surface area contributed by atoms with Crippen LogP contribution in [-0.4, -0.2) is 87.1 Å². The molecule has 2 saturated heterocycles. The summed E-state index contributed by atoms with van der Waals surface area (Å²) in [7, 11) is 2.62. The standard InChI is InChI=1S/C44H48N8O6/c1-57-43(55)49-33-12-6-11-32(33)41(53)51-23-7-13-36(51)39-45-25-34(47-39)29-19-15-27(16-20-29)28-17-21-30(22-18-28)35-26-46-40(48-35)37-14-8-24-52(37)42(54)38(50-44(56)58-2)31-9-4-3-5-10-31/h3-5,9-10,15-22,25-26,32-33,36-38H,6-8,11-14,23-24H2,1-2H3,(H,45,47)(H,46,48)(H,49,55)(H,50,56)/t32-,33-,36-,37-,38+/m0/s1. The number of imidazole rings is 2. The highest BCUT2D eigenvalue weighted by atomic mass is 16.5. The van der Waals surface area contributed by atoms with E-state index in [4.69, 9.17) is 19.4 Å². The number of ether oxygens (including phenoxy) is 2. The van der Waals surface area contributed by atoms with Gasteiger partial charge in [-0.3, -0.25) is 9.59 Å². The van der Waals surface area contributed by atoms with Crippen molar-refractivity contribution in [3.05, 3.63) is 108 Å². The summed E-state index contributed by atoms with van der Waals surface area (Å²) in [6, 6.07) is 24.3. The number of nitrogens with one attached hydrogen (secondary N) is 4. The second-order valence-electron chi connectivity index (χ2n) is 15.2. The Kier molecular flexibility index (Phi) is 11.2. The fraction of sp³-hybridized carbons (Fsp3) is 0.364. The van der Waals surface area contributed by atoms with Crippen LogP contribution < -0.4 is 10.6 Å². The number of aromatic amines is 2. The van der Waals surface area contributed by atoms with Gasteiger partial charge in [0.25, 0.3) is 5.91 Å². The highest BCUT2D eigenvalue weighted by Gasteiger charge is 2.41. The number of rotatable bonds is 10. The molecule has 300 valence electrons. The topological polar surface area (TPSA) is 175 Å². The Morgan fingerprint density at radius 3 is 1.76 bits per heavy atom. The molecule has 4 amide bonds. The molecule has 0 bridgehead atoms. The molecule has 14 heteroatoms. The van der Waals surface area contributed by atoms with Gasteiger partial charge >= 0.3 is 12.2 Å². The van der Waals surface area contributed by atoms with Crippen molar-refractivity contribution in [2.45, 2.75) is 69.1 Å². The van der Waals surface area contributed by atoms with Crippen LogP contribution in [0.25, 0.3) is 33.6 Å². The maximum atomic E-state index is 13.9. The third kappa shape index (κ3) is 7.91. The molecule has 0 radical (unpaired) electrons. The number of carbonyl (C=O) groups is 4. The van der Waals surface area contributed by atoms with Gasteiger partial charge in [0.15, 0.2) is 0 Å². The highest BCUT2D eigenvalue weighted by Crippen LogP contribution is 2.37. The Balaban J connectivity index is 0.914. The zero-order chi connectivity index (χ0) is 40.2. The average Bonchev–Trinajstić information content (AvgIpc) is 4.12. The molecule has 14 nitrogen and oxygen atoms in total. The van der Waals surface area contributed by atoms with E-state index in [1.165, 1.54) is 14.2 Å². The minimum atomic E-state index is -0.878. The van der Waals surface area contributed by atoms with Crippen LogP contribution in [0.15, 0.2) is 91.3 Å². The van der Waals surface area contributed by atoms with E-state index in [-0.39, 0.29) is 35.9 Å². The van der Waals surface area contributed by atoms with Gasteiger partial charge in [0, 0.05) is 19.1 Å². The van der Waals surface area contributed by atoms with Crippen molar-refractivity contribution in [1.29, 1.82) is 0 Å². The van der Waals surface area contributed by atoms with Crippen molar-refractivity contribution in [3.8, 4) is 33.6 Å². The SMILES string of the molecule is COC(=O)N[C@H]1CCC[C@@H]1C(=O)N1CCC[C@H]1c1ncc(-c2ccc(-c3ccc(-c4cnc([C@@H]5CCCN5C(=O)[C@H](NC(=O)OC)c5ccccc5)[nH]4)cc3)cc2)[nH]1. The molecule has 2 aromatic heterocycles. The Labute approximate surface area is 336 Å². The van der Waals surface area contributed by atoms with Gasteiger partial charge in [-0.15, -0.1) is 0 Å². The van der Waals surface area contributed by atoms with Gasteiger partial charge in [-0.2, -0.15) is 0 Å². The van der Waals surface area contributed by atoms with Crippen molar-refractivity contribution in [1.82, 2.24) is 40.4 Å². The molecule has 1 saturated carbocycles. The molecular formula is C44H48N8O6. The molecule has 0 spiro atoms. The van der Waals surface area contributed by atoms with Gasteiger partial charge in [0.1, 0.15) is 17.7 Å². The van der Waals surface area contributed by atoms with Gasteiger partial charge in [-0.1, -0.05) is 85.3 Å². The van der Waals surface area contributed by atoms with Crippen molar-refractivity contribution >= 4 is 24.0 Å². The minimum absolute atomic E-state index is 0.0682. The first-order valence-electron chi connectivity index (χ1n) is 20.0. The van der Waals surface area contributed by atoms with Crippen LogP contribution in [0.5, 0.6) is 0 Å². The fourth-order valence-electron chi connectivity index (χ4n) is 8.75. The molecule has 58 heavy (non-hydrogen) atoms. The monoisotopic (exact) mass is 784 g/mol. The molecule has 3 aromatic carbocycles. The van der Waals surface area contributed by atoms with Gasteiger partial charge in [0.2, 0.25) is 5.91 Å². The number of methoxy groups -OCH3 is 2. The first-order valence-corrected chi connectivity index (χ1v) is 20.0. The number of nitrogens with zero attached hydrogens (tertiary/aromatic N) is 4. The number of benzene rings is 3. The van der Waals surface area contributed by atoms with Crippen molar-refractivity contribution in [3.63, 3.8) is 0 Å². The van der Waals surface area contributed by atoms with E-state index in [0.717, 1.165) is 84.4 Å². The van der Waals surface area contributed by atoms with E-state index >= 15 is 0 Å². The minimum Gasteiger partial charge on any atom is -0.453 e. The summed E-state index contributed by atoms with van der Waals surface area (Å²) in [6.07, 6.45) is 8.17. The molecule has 3 aliphatic rings. The Morgan fingerprint density at radius 1 is 0.655 bits per heavy atom. The summed E-state index contributed by atoms with van der Waals surface area (Å²) in [5.41, 5.74) is 6.50. The van der Waals surface area contributed by atoms with Crippen LogP contribution in [0, 0.1) is 5.92 Å². The van der Waals surface area contributed by atoms with Crippen molar-refractivity contribution in [2.75, 3.05) is 27.3 Å². The van der Waals surface area contributed by atoms with E-state index in [9.17, 15) is 19.2 Å². The number of aromatic nitrogens is 4. The fourth-order valence-corrected chi connectivity index (χ4v) is 8.75. The molecule has 4 heterocycles. The molecule has 0 unspecified atom stereocenters. The molecule has 4 N–H and O–H groups in total. The zero-order valence-electron chi connectivity index (χ0n) is 32.6. The molecule has 5 aromatic rings. The normalized spacial score (nSPS) is 20.8. The Hall–Kier alpha value is -6.44. The predicted octanol–water partition coefficient (Wildman–Crippen LogP) is 7.08. The van der Waals surface area contributed by atoms with Gasteiger partial charge in [0.05, 0.1) is 56.0 Å². The number of carbonyl (C=O) groups excluding carboxylic acids is 4. The zero-order valence-corrected chi connectivity index (χ0v) is 32.6. The van der Waals surface area contributed by atoms with Gasteiger partial charge < -0.3 is 39.9 Å². The summed E-state index contributed by atoms with van der Waals surface area (Å²) < 4.78 is 9.62. The number of amides is 4. The lowest BCUT2D eigenvalue weighted by Gasteiger charge is -2.29. The number of hydrogen-bond acceptors (Lipinski definition) is 8. The van der Waals surface area contributed by atoms with Crippen LogP contribution in [0.1, 0.15) is 80.3 Å². The van der Waals surface area contributed by atoms with Crippen molar-refractivity contribution < 1.29 is 28.7 Å². The molecule has 2 aliphatic heterocycles. The molecule has 8 rings (SSSR count). The van der Waals surface area contributed by atoms with Crippen LogP contribution in [0.3, 0.4) is 0 Å². The second-order valence-corrected chi connectivity index (χ2v) is 15.2.